The average Bonchev–Trinajstić information content (AvgIpc) is 2.88. The molecule has 1 aromatic carbocycles. The first-order valence-corrected chi connectivity index (χ1v) is 8.59. The van der Waals surface area contributed by atoms with Crippen molar-refractivity contribution in [1.29, 1.82) is 0 Å². The van der Waals surface area contributed by atoms with Crippen LogP contribution in [0.3, 0.4) is 0 Å². The number of anilines is 1. The molecule has 0 atom stereocenters. The molecule has 0 radical (unpaired) electrons. The van der Waals surface area contributed by atoms with Crippen molar-refractivity contribution < 1.29 is 21.6 Å². The summed E-state index contributed by atoms with van der Waals surface area (Å²) in [5, 5.41) is 4.87. The van der Waals surface area contributed by atoms with Gasteiger partial charge < -0.3 is 4.90 Å². The molecule has 2 rings (SSSR count). The Hall–Kier alpha value is -1.28. The number of sulfonamides is 1. The predicted molar refractivity (Wildman–Crippen MR) is 78.0 cm³/mol. The number of primary sulfonamides is 1. The third kappa shape index (κ3) is 3.92. The minimum Gasteiger partial charge on any atom is -0.374 e. The number of nitrogens with two attached hydrogens (primary N) is 1. The second-order valence-corrected chi connectivity index (χ2v) is 7.28. The maximum Gasteiger partial charge on any atom is 0.417 e. The third-order valence-corrected chi connectivity index (χ3v) is 4.99. The lowest BCUT2D eigenvalue weighted by atomic mass is 10.1. The van der Waals surface area contributed by atoms with Crippen molar-refractivity contribution in [2.75, 3.05) is 18.5 Å². The van der Waals surface area contributed by atoms with Crippen LogP contribution in [0.15, 0.2) is 23.1 Å². The van der Waals surface area contributed by atoms with Crippen molar-refractivity contribution in [3.05, 3.63) is 23.8 Å². The van der Waals surface area contributed by atoms with Gasteiger partial charge in [-0.2, -0.15) is 13.2 Å². The summed E-state index contributed by atoms with van der Waals surface area (Å²) in [4.78, 5) is 0.844. The van der Waals surface area contributed by atoms with Crippen LogP contribution in [0, 0.1) is 5.92 Å². The van der Waals surface area contributed by atoms with Gasteiger partial charge in [-0.3, -0.25) is 0 Å². The van der Waals surface area contributed by atoms with Crippen LogP contribution in [0.5, 0.6) is 0 Å². The maximum atomic E-state index is 13.1. The number of hydrogen-bond donors (Lipinski definition) is 1. The predicted octanol–water partition coefficient (Wildman–Crippen LogP) is 2.98. The van der Waals surface area contributed by atoms with E-state index in [1.807, 2.05) is 0 Å². The second kappa shape index (κ2) is 6.08. The van der Waals surface area contributed by atoms with Gasteiger partial charge in [-0.05, 0) is 37.0 Å². The van der Waals surface area contributed by atoms with Gasteiger partial charge in [-0.1, -0.05) is 12.8 Å². The molecule has 1 saturated carbocycles. The topological polar surface area (TPSA) is 63.4 Å². The Labute approximate surface area is 128 Å². The molecule has 0 spiro atoms. The highest BCUT2D eigenvalue weighted by molar-refractivity contribution is 7.89. The van der Waals surface area contributed by atoms with E-state index < -0.39 is 26.7 Å². The van der Waals surface area contributed by atoms with E-state index in [1.165, 1.54) is 6.07 Å². The van der Waals surface area contributed by atoms with E-state index in [9.17, 15) is 21.6 Å². The van der Waals surface area contributed by atoms with Gasteiger partial charge in [0.15, 0.2) is 0 Å². The highest BCUT2D eigenvalue weighted by Gasteiger charge is 2.37. The number of hydrogen-bond acceptors (Lipinski definition) is 3. The molecule has 8 heteroatoms. The van der Waals surface area contributed by atoms with Crippen LogP contribution in [-0.4, -0.2) is 22.0 Å². The molecule has 22 heavy (non-hydrogen) atoms. The largest absolute Gasteiger partial charge is 0.417 e. The number of nitrogens with zero attached hydrogens (tertiary/aromatic N) is 1. The van der Waals surface area contributed by atoms with E-state index >= 15 is 0 Å². The minimum absolute atomic E-state index is 0.339. The van der Waals surface area contributed by atoms with Crippen molar-refractivity contribution in [3.8, 4) is 0 Å². The van der Waals surface area contributed by atoms with E-state index in [2.05, 4.69) is 0 Å². The first-order chi connectivity index (χ1) is 10.1. The summed E-state index contributed by atoms with van der Waals surface area (Å²) in [5.74, 6) is 0.470. The highest BCUT2D eigenvalue weighted by atomic mass is 32.2. The van der Waals surface area contributed by atoms with E-state index in [0.29, 0.717) is 18.2 Å². The van der Waals surface area contributed by atoms with Gasteiger partial charge in [0.25, 0.3) is 0 Å². The van der Waals surface area contributed by atoms with Crippen LogP contribution in [-0.2, 0) is 16.2 Å². The Kier molecular flexibility index (Phi) is 4.72. The van der Waals surface area contributed by atoms with E-state index in [1.54, 1.807) is 11.9 Å². The molecular formula is C14H19F3N2O2S. The first kappa shape index (κ1) is 17.1. The van der Waals surface area contributed by atoms with Gasteiger partial charge in [0.05, 0.1) is 10.5 Å². The highest BCUT2D eigenvalue weighted by Crippen LogP contribution is 2.36. The van der Waals surface area contributed by atoms with Crippen LogP contribution in [0.1, 0.15) is 31.2 Å². The van der Waals surface area contributed by atoms with Crippen LogP contribution < -0.4 is 10.0 Å². The maximum absolute atomic E-state index is 13.1. The molecule has 0 saturated heterocycles. The molecule has 4 nitrogen and oxygen atoms in total. The lowest BCUT2D eigenvalue weighted by Crippen LogP contribution is -2.25. The number of benzene rings is 1. The van der Waals surface area contributed by atoms with Crippen molar-refractivity contribution in [3.63, 3.8) is 0 Å². The minimum atomic E-state index is -4.77. The first-order valence-electron chi connectivity index (χ1n) is 7.04. The fraction of sp³-hybridized carbons (Fsp3) is 0.571. The van der Waals surface area contributed by atoms with E-state index in [4.69, 9.17) is 5.14 Å². The number of rotatable bonds is 4. The molecule has 0 aromatic heterocycles. The Bertz CT molecular complexity index is 638. The number of alkyl halides is 3. The molecule has 1 aliphatic carbocycles. The second-order valence-electron chi connectivity index (χ2n) is 5.75. The summed E-state index contributed by atoms with van der Waals surface area (Å²) in [5.41, 5.74) is -0.877. The zero-order valence-electron chi connectivity index (χ0n) is 12.2. The molecule has 0 amide bonds. The summed E-state index contributed by atoms with van der Waals surface area (Å²) in [6, 6.07) is 3.15. The summed E-state index contributed by atoms with van der Waals surface area (Å²) in [7, 11) is -2.71. The summed E-state index contributed by atoms with van der Waals surface area (Å²) in [6.45, 7) is 0.659. The van der Waals surface area contributed by atoms with Gasteiger partial charge in [0.1, 0.15) is 0 Å². The summed E-state index contributed by atoms with van der Waals surface area (Å²) in [6.07, 6.45) is -0.323. The fourth-order valence-corrected chi connectivity index (χ4v) is 3.65. The lowest BCUT2D eigenvalue weighted by molar-refractivity contribution is -0.139. The number of halogens is 3. The van der Waals surface area contributed by atoms with Crippen LogP contribution in [0.4, 0.5) is 18.9 Å². The van der Waals surface area contributed by atoms with Gasteiger partial charge in [-0.15, -0.1) is 0 Å². The van der Waals surface area contributed by atoms with Crippen LogP contribution in [0.25, 0.3) is 0 Å². The quantitative estimate of drug-likeness (QED) is 0.919. The SMILES string of the molecule is CN(CC1CCCC1)c1ccc(S(N)(=O)=O)c(C(F)(F)F)c1. The smallest absolute Gasteiger partial charge is 0.374 e. The molecule has 0 aliphatic heterocycles. The molecule has 0 bridgehead atoms. The zero-order valence-corrected chi connectivity index (χ0v) is 13.0. The molecule has 1 aliphatic rings. The van der Waals surface area contributed by atoms with Crippen molar-refractivity contribution in [2.24, 2.45) is 11.1 Å². The van der Waals surface area contributed by atoms with Crippen molar-refractivity contribution in [1.82, 2.24) is 0 Å². The van der Waals surface area contributed by atoms with E-state index in [0.717, 1.165) is 37.8 Å². The molecule has 0 unspecified atom stereocenters. The molecule has 1 aromatic rings. The standard InChI is InChI=1S/C14H19F3N2O2S/c1-19(9-10-4-2-3-5-10)11-6-7-13(22(18,20)21)12(8-11)14(15,16)17/h6-8,10H,2-5,9H2,1H3,(H2,18,20,21). The Morgan fingerprint density at radius 1 is 1.27 bits per heavy atom. The molecular weight excluding hydrogens is 317 g/mol. The van der Waals surface area contributed by atoms with Crippen LogP contribution in [0.2, 0.25) is 0 Å². The molecule has 2 N–H and O–H groups in total. The fourth-order valence-electron chi connectivity index (χ4n) is 2.91. The Balaban J connectivity index is 2.34. The van der Waals surface area contributed by atoms with Crippen molar-refractivity contribution in [2.45, 2.75) is 36.8 Å². The Morgan fingerprint density at radius 3 is 2.36 bits per heavy atom. The van der Waals surface area contributed by atoms with Crippen LogP contribution >= 0.6 is 0 Å². The van der Waals surface area contributed by atoms with Gasteiger partial charge in [0.2, 0.25) is 10.0 Å². The summed E-state index contributed by atoms with van der Waals surface area (Å²) >= 11 is 0. The molecule has 1 fully saturated rings. The monoisotopic (exact) mass is 336 g/mol. The summed E-state index contributed by atoms with van der Waals surface area (Å²) < 4.78 is 61.9. The average molecular weight is 336 g/mol. The van der Waals surface area contributed by atoms with Gasteiger partial charge in [-0.25, -0.2) is 13.6 Å². The van der Waals surface area contributed by atoms with Crippen molar-refractivity contribution >= 4 is 15.7 Å². The van der Waals surface area contributed by atoms with Gasteiger partial charge in [0, 0.05) is 19.3 Å². The third-order valence-electron chi connectivity index (χ3n) is 4.02. The molecule has 0 heterocycles. The van der Waals surface area contributed by atoms with Gasteiger partial charge >= 0.3 is 6.18 Å². The molecule has 124 valence electrons. The zero-order chi connectivity index (χ0) is 16.5. The van der Waals surface area contributed by atoms with E-state index in [-0.39, 0.29) is 0 Å². The normalized spacial score (nSPS) is 17.0. The Morgan fingerprint density at radius 2 is 1.86 bits per heavy atom. The lowest BCUT2D eigenvalue weighted by Gasteiger charge is -2.24.